The van der Waals surface area contributed by atoms with Gasteiger partial charge in [0.1, 0.15) is 11.7 Å². The molecule has 1 fully saturated rings. The van der Waals surface area contributed by atoms with Crippen molar-refractivity contribution in [3.05, 3.63) is 0 Å². The number of carbonyl (C=O) groups excluding carboxylic acids is 1. The summed E-state index contributed by atoms with van der Waals surface area (Å²) in [6.07, 6.45) is -0.162. The van der Waals surface area contributed by atoms with E-state index in [2.05, 4.69) is 0 Å². The highest BCUT2D eigenvalue weighted by Crippen LogP contribution is 2.20. The zero-order chi connectivity index (χ0) is 9.90. The van der Waals surface area contributed by atoms with Gasteiger partial charge in [-0.3, -0.25) is 4.79 Å². The molecule has 0 aliphatic carbocycles. The van der Waals surface area contributed by atoms with Crippen molar-refractivity contribution < 1.29 is 19.0 Å². The molecule has 76 valence electrons. The van der Waals surface area contributed by atoms with Crippen LogP contribution in [-0.4, -0.2) is 37.5 Å². The Morgan fingerprint density at radius 1 is 1.46 bits per heavy atom. The average molecular weight is 188 g/mol. The predicted molar refractivity (Wildman–Crippen MR) is 46.4 cm³/mol. The molecule has 0 amide bonds. The molecule has 1 heterocycles. The van der Waals surface area contributed by atoms with Gasteiger partial charge in [-0.15, -0.1) is 0 Å². The number of rotatable bonds is 2. The van der Waals surface area contributed by atoms with Crippen LogP contribution in [0.4, 0.5) is 0 Å². The first-order chi connectivity index (χ1) is 6.02. The van der Waals surface area contributed by atoms with Crippen LogP contribution in [0.15, 0.2) is 0 Å². The highest BCUT2D eigenvalue weighted by atomic mass is 16.6. The number of hydrogen-bond acceptors (Lipinski definition) is 4. The van der Waals surface area contributed by atoms with Gasteiger partial charge in [-0.1, -0.05) is 0 Å². The van der Waals surface area contributed by atoms with Crippen LogP contribution >= 0.6 is 0 Å². The zero-order valence-corrected chi connectivity index (χ0v) is 8.33. The summed E-state index contributed by atoms with van der Waals surface area (Å²) in [7, 11) is 0. The minimum atomic E-state index is -0.605. The van der Waals surface area contributed by atoms with E-state index in [9.17, 15) is 4.79 Å². The average Bonchev–Trinajstić information content (AvgIpc) is 2.04. The summed E-state index contributed by atoms with van der Waals surface area (Å²) in [5.74, 6) is -0.292. The lowest BCUT2D eigenvalue weighted by Crippen LogP contribution is -2.47. The molecule has 4 nitrogen and oxygen atoms in total. The highest BCUT2D eigenvalue weighted by Gasteiger charge is 2.35. The third kappa shape index (κ3) is 2.97. The van der Waals surface area contributed by atoms with E-state index in [0.717, 1.165) is 0 Å². The van der Waals surface area contributed by atoms with Crippen molar-refractivity contribution in [2.45, 2.75) is 32.5 Å². The summed E-state index contributed by atoms with van der Waals surface area (Å²) >= 11 is 0. The second-order valence-electron chi connectivity index (χ2n) is 3.63. The SMILES string of the molecule is CC(=O)OC(C)(C)C1COCCO1. The Balaban J connectivity index is 2.50. The Morgan fingerprint density at radius 3 is 2.62 bits per heavy atom. The molecule has 1 rings (SSSR count). The summed E-state index contributed by atoms with van der Waals surface area (Å²) in [5.41, 5.74) is -0.605. The van der Waals surface area contributed by atoms with E-state index in [1.165, 1.54) is 6.92 Å². The van der Waals surface area contributed by atoms with Gasteiger partial charge in [-0.2, -0.15) is 0 Å². The van der Waals surface area contributed by atoms with Gasteiger partial charge in [-0.25, -0.2) is 0 Å². The van der Waals surface area contributed by atoms with E-state index in [4.69, 9.17) is 14.2 Å². The van der Waals surface area contributed by atoms with Gasteiger partial charge in [0.25, 0.3) is 0 Å². The van der Waals surface area contributed by atoms with Gasteiger partial charge in [0.2, 0.25) is 0 Å². The largest absolute Gasteiger partial charge is 0.457 e. The third-order valence-corrected chi connectivity index (χ3v) is 2.00. The van der Waals surface area contributed by atoms with Gasteiger partial charge < -0.3 is 14.2 Å². The molecule has 1 saturated heterocycles. The third-order valence-electron chi connectivity index (χ3n) is 2.00. The van der Waals surface area contributed by atoms with E-state index >= 15 is 0 Å². The number of hydrogen-bond donors (Lipinski definition) is 0. The second kappa shape index (κ2) is 4.07. The number of ether oxygens (including phenoxy) is 3. The van der Waals surface area contributed by atoms with Gasteiger partial charge in [0.15, 0.2) is 0 Å². The fraction of sp³-hybridized carbons (Fsp3) is 0.889. The molecule has 0 bridgehead atoms. The molecule has 0 spiro atoms. The lowest BCUT2D eigenvalue weighted by Gasteiger charge is -2.35. The molecule has 13 heavy (non-hydrogen) atoms. The molecule has 0 aromatic rings. The summed E-state index contributed by atoms with van der Waals surface area (Å²) in [6, 6.07) is 0. The molecule has 1 aliphatic heterocycles. The van der Waals surface area contributed by atoms with Crippen LogP contribution in [0.3, 0.4) is 0 Å². The monoisotopic (exact) mass is 188 g/mol. The zero-order valence-electron chi connectivity index (χ0n) is 8.33. The quantitative estimate of drug-likeness (QED) is 0.600. The fourth-order valence-corrected chi connectivity index (χ4v) is 1.33. The van der Waals surface area contributed by atoms with Crippen LogP contribution in [0.25, 0.3) is 0 Å². The van der Waals surface area contributed by atoms with E-state index in [1.54, 1.807) is 0 Å². The lowest BCUT2D eigenvalue weighted by atomic mass is 10.0. The minimum absolute atomic E-state index is 0.162. The minimum Gasteiger partial charge on any atom is -0.457 e. The van der Waals surface area contributed by atoms with Crippen LogP contribution in [0, 0.1) is 0 Å². The first kappa shape index (κ1) is 10.5. The smallest absolute Gasteiger partial charge is 0.303 e. The van der Waals surface area contributed by atoms with E-state index < -0.39 is 5.60 Å². The Bertz CT molecular complexity index is 182. The van der Waals surface area contributed by atoms with Crippen LogP contribution in [-0.2, 0) is 19.0 Å². The van der Waals surface area contributed by atoms with Crippen molar-refractivity contribution in [3.8, 4) is 0 Å². The molecule has 0 saturated carbocycles. The lowest BCUT2D eigenvalue weighted by molar-refractivity contribution is -0.191. The molecule has 1 unspecified atom stereocenters. The summed E-state index contributed by atoms with van der Waals surface area (Å²) < 4.78 is 15.8. The number of esters is 1. The van der Waals surface area contributed by atoms with E-state index in [1.807, 2.05) is 13.8 Å². The van der Waals surface area contributed by atoms with Crippen molar-refractivity contribution in [1.29, 1.82) is 0 Å². The Kier molecular flexibility index (Phi) is 3.27. The molecule has 0 aromatic carbocycles. The van der Waals surface area contributed by atoms with Crippen molar-refractivity contribution >= 4 is 5.97 Å². The van der Waals surface area contributed by atoms with Crippen molar-refractivity contribution in [3.63, 3.8) is 0 Å². The summed E-state index contributed by atoms with van der Waals surface area (Å²) in [5, 5.41) is 0. The predicted octanol–water partition coefficient (Wildman–Crippen LogP) is 0.744. The maximum Gasteiger partial charge on any atom is 0.303 e. The molecule has 1 atom stereocenters. The van der Waals surface area contributed by atoms with E-state index in [-0.39, 0.29) is 12.1 Å². The normalized spacial score (nSPS) is 24.1. The topological polar surface area (TPSA) is 44.8 Å². The van der Waals surface area contributed by atoms with Gasteiger partial charge in [0.05, 0.1) is 19.8 Å². The molecular formula is C9H16O4. The Morgan fingerprint density at radius 2 is 2.15 bits per heavy atom. The van der Waals surface area contributed by atoms with E-state index in [0.29, 0.717) is 19.8 Å². The first-order valence-corrected chi connectivity index (χ1v) is 4.41. The Hall–Kier alpha value is -0.610. The molecule has 4 heteroatoms. The molecule has 1 aliphatic rings. The second-order valence-corrected chi connectivity index (χ2v) is 3.63. The number of carbonyl (C=O) groups is 1. The Labute approximate surface area is 78.2 Å². The first-order valence-electron chi connectivity index (χ1n) is 4.41. The summed E-state index contributed by atoms with van der Waals surface area (Å²) in [6.45, 7) is 6.72. The van der Waals surface area contributed by atoms with Crippen LogP contribution in [0.5, 0.6) is 0 Å². The van der Waals surface area contributed by atoms with Crippen LogP contribution in [0.2, 0.25) is 0 Å². The molecule has 0 radical (unpaired) electrons. The molecule has 0 N–H and O–H groups in total. The molecule has 0 aromatic heterocycles. The van der Waals surface area contributed by atoms with Gasteiger partial charge >= 0.3 is 5.97 Å². The summed E-state index contributed by atoms with van der Waals surface area (Å²) in [4.78, 5) is 10.8. The van der Waals surface area contributed by atoms with Crippen molar-refractivity contribution in [2.24, 2.45) is 0 Å². The maximum atomic E-state index is 10.8. The highest BCUT2D eigenvalue weighted by molar-refractivity contribution is 5.66. The van der Waals surface area contributed by atoms with Crippen LogP contribution < -0.4 is 0 Å². The van der Waals surface area contributed by atoms with Crippen LogP contribution in [0.1, 0.15) is 20.8 Å². The maximum absolute atomic E-state index is 10.8. The fourth-order valence-electron chi connectivity index (χ4n) is 1.33. The van der Waals surface area contributed by atoms with Crippen molar-refractivity contribution in [2.75, 3.05) is 19.8 Å². The van der Waals surface area contributed by atoms with Gasteiger partial charge in [-0.05, 0) is 13.8 Å². The molecular weight excluding hydrogens is 172 g/mol. The standard InChI is InChI=1S/C9H16O4/c1-7(10)13-9(2,3)8-6-11-4-5-12-8/h8H,4-6H2,1-3H3. The van der Waals surface area contributed by atoms with Gasteiger partial charge in [0, 0.05) is 6.92 Å². The van der Waals surface area contributed by atoms with Crippen molar-refractivity contribution in [1.82, 2.24) is 0 Å².